The van der Waals surface area contributed by atoms with Crippen LogP contribution in [0, 0.1) is 5.92 Å². The molecule has 0 heterocycles. The van der Waals surface area contributed by atoms with E-state index in [1.165, 1.54) is 39.5 Å². The third-order valence-corrected chi connectivity index (χ3v) is 4.27. The Hall–Kier alpha value is -1.80. The van der Waals surface area contributed by atoms with Gasteiger partial charge in [-0.2, -0.15) is 0 Å². The van der Waals surface area contributed by atoms with Crippen LogP contribution < -0.4 is 14.2 Å². The summed E-state index contributed by atoms with van der Waals surface area (Å²) in [5.41, 5.74) is 0. The maximum Gasteiger partial charge on any atom is 0.309 e. The topological polar surface area (TPSA) is 90.9 Å². The zero-order valence-electron chi connectivity index (χ0n) is 12.4. The molecule has 0 radical (unpaired) electrons. The smallest absolute Gasteiger partial charge is 0.309 e. The average Bonchev–Trinajstić information content (AvgIpc) is 2.50. The number of sulfonamides is 1. The predicted molar refractivity (Wildman–Crippen MR) is 75.9 cm³/mol. The number of carbonyl (C=O) groups is 1. The van der Waals surface area contributed by atoms with Crippen LogP contribution in [0.25, 0.3) is 0 Å². The first kappa shape index (κ1) is 17.3. The van der Waals surface area contributed by atoms with Crippen LogP contribution in [0.5, 0.6) is 11.5 Å². The Morgan fingerprint density at radius 2 is 1.81 bits per heavy atom. The predicted octanol–water partition coefficient (Wildman–Crippen LogP) is 0.791. The monoisotopic (exact) mass is 317 g/mol. The minimum Gasteiger partial charge on any atom is -0.493 e. The van der Waals surface area contributed by atoms with Crippen molar-refractivity contribution >= 4 is 16.0 Å². The van der Waals surface area contributed by atoms with Crippen LogP contribution in [-0.2, 0) is 19.6 Å². The highest BCUT2D eigenvalue weighted by Gasteiger charge is 2.20. The Kier molecular flexibility index (Phi) is 5.98. The van der Waals surface area contributed by atoms with Crippen molar-refractivity contribution in [3.05, 3.63) is 18.2 Å². The van der Waals surface area contributed by atoms with Gasteiger partial charge in [-0.3, -0.25) is 4.79 Å². The van der Waals surface area contributed by atoms with Gasteiger partial charge in [-0.05, 0) is 12.1 Å². The normalized spacial score (nSPS) is 12.6. The molecule has 0 aliphatic rings. The van der Waals surface area contributed by atoms with Crippen LogP contribution in [0.4, 0.5) is 0 Å². The van der Waals surface area contributed by atoms with Crippen molar-refractivity contribution in [1.29, 1.82) is 0 Å². The Bertz CT molecular complexity index is 599. The van der Waals surface area contributed by atoms with E-state index in [2.05, 4.69) is 9.46 Å². The Morgan fingerprint density at radius 3 is 2.33 bits per heavy atom. The summed E-state index contributed by atoms with van der Waals surface area (Å²) in [5.74, 6) is -0.323. The number of methoxy groups -OCH3 is 3. The van der Waals surface area contributed by atoms with E-state index in [1.807, 2.05) is 0 Å². The molecule has 0 bridgehead atoms. The van der Waals surface area contributed by atoms with E-state index in [1.54, 1.807) is 6.92 Å². The number of benzene rings is 1. The molecule has 0 saturated carbocycles. The number of hydrogen-bond donors (Lipinski definition) is 1. The van der Waals surface area contributed by atoms with E-state index in [9.17, 15) is 13.2 Å². The van der Waals surface area contributed by atoms with Gasteiger partial charge >= 0.3 is 5.97 Å². The molecular weight excluding hydrogens is 298 g/mol. The third kappa shape index (κ3) is 4.33. The van der Waals surface area contributed by atoms with Gasteiger partial charge in [0.1, 0.15) is 0 Å². The molecule has 1 aromatic carbocycles. The van der Waals surface area contributed by atoms with Crippen molar-refractivity contribution in [2.24, 2.45) is 5.92 Å². The fraction of sp³-hybridized carbons (Fsp3) is 0.462. The lowest BCUT2D eigenvalue weighted by molar-refractivity contribution is -0.144. The number of carbonyl (C=O) groups excluding carboxylic acids is 1. The SMILES string of the molecule is COC(=O)[C@@H](C)CNS(=O)(=O)c1ccc(OC)c(OC)c1. The van der Waals surface area contributed by atoms with E-state index >= 15 is 0 Å². The second kappa shape index (κ2) is 7.28. The highest BCUT2D eigenvalue weighted by Crippen LogP contribution is 2.29. The fourth-order valence-corrected chi connectivity index (χ4v) is 2.73. The fourth-order valence-electron chi connectivity index (χ4n) is 1.59. The molecule has 1 aromatic rings. The molecule has 1 rings (SSSR count). The summed E-state index contributed by atoms with van der Waals surface area (Å²) < 4.78 is 41.3. The van der Waals surface area contributed by atoms with E-state index in [-0.39, 0.29) is 11.4 Å². The van der Waals surface area contributed by atoms with Gasteiger partial charge in [0.05, 0.1) is 32.1 Å². The van der Waals surface area contributed by atoms with E-state index < -0.39 is 21.9 Å². The van der Waals surface area contributed by atoms with Gasteiger partial charge in [0.25, 0.3) is 0 Å². The number of esters is 1. The summed E-state index contributed by atoms with van der Waals surface area (Å²) in [7, 11) is 0.382. The van der Waals surface area contributed by atoms with Crippen LogP contribution in [0.1, 0.15) is 6.92 Å². The first-order chi connectivity index (χ1) is 9.85. The van der Waals surface area contributed by atoms with E-state index in [0.717, 1.165) is 0 Å². The summed E-state index contributed by atoms with van der Waals surface area (Å²) in [4.78, 5) is 11.3. The summed E-state index contributed by atoms with van der Waals surface area (Å²) in [6, 6.07) is 4.24. The zero-order chi connectivity index (χ0) is 16.0. The Morgan fingerprint density at radius 1 is 1.19 bits per heavy atom. The molecule has 0 aliphatic carbocycles. The Labute approximate surface area is 124 Å². The maximum absolute atomic E-state index is 12.2. The van der Waals surface area contributed by atoms with Crippen LogP contribution in [-0.4, -0.2) is 42.3 Å². The molecule has 1 atom stereocenters. The molecule has 0 amide bonds. The van der Waals surface area contributed by atoms with Crippen molar-refractivity contribution in [3.63, 3.8) is 0 Å². The number of nitrogens with one attached hydrogen (secondary N) is 1. The summed E-state index contributed by atoms with van der Waals surface area (Å²) in [5, 5.41) is 0. The largest absolute Gasteiger partial charge is 0.493 e. The van der Waals surface area contributed by atoms with Gasteiger partial charge in [-0.25, -0.2) is 13.1 Å². The summed E-state index contributed by atoms with van der Waals surface area (Å²) in [6.45, 7) is 1.52. The molecule has 8 heteroatoms. The lowest BCUT2D eigenvalue weighted by Gasteiger charge is -2.13. The second-order valence-corrected chi connectivity index (χ2v) is 6.06. The molecule has 0 fully saturated rings. The lowest BCUT2D eigenvalue weighted by atomic mass is 10.2. The van der Waals surface area contributed by atoms with Crippen molar-refractivity contribution < 1.29 is 27.4 Å². The number of rotatable bonds is 7. The molecule has 7 nitrogen and oxygen atoms in total. The van der Waals surface area contributed by atoms with E-state index in [4.69, 9.17) is 9.47 Å². The standard InChI is InChI=1S/C13H19NO6S/c1-9(13(15)20-4)8-14-21(16,17)10-5-6-11(18-2)12(7-10)19-3/h5-7,9,14H,8H2,1-4H3/t9-/m0/s1. The molecule has 0 aromatic heterocycles. The van der Waals surface area contributed by atoms with Gasteiger partial charge < -0.3 is 14.2 Å². The van der Waals surface area contributed by atoms with Crippen LogP contribution in [0.3, 0.4) is 0 Å². The van der Waals surface area contributed by atoms with E-state index in [0.29, 0.717) is 11.5 Å². The quantitative estimate of drug-likeness (QED) is 0.748. The lowest BCUT2D eigenvalue weighted by Crippen LogP contribution is -2.32. The van der Waals surface area contributed by atoms with Crippen LogP contribution >= 0.6 is 0 Å². The minimum atomic E-state index is -3.75. The van der Waals surface area contributed by atoms with Gasteiger partial charge in [0, 0.05) is 12.6 Å². The van der Waals surface area contributed by atoms with Crippen molar-refractivity contribution in [2.45, 2.75) is 11.8 Å². The molecule has 0 spiro atoms. The average molecular weight is 317 g/mol. The summed E-state index contributed by atoms with van der Waals surface area (Å²) >= 11 is 0. The second-order valence-electron chi connectivity index (χ2n) is 4.29. The molecular formula is C13H19NO6S. The highest BCUT2D eigenvalue weighted by molar-refractivity contribution is 7.89. The van der Waals surface area contributed by atoms with Gasteiger partial charge in [-0.1, -0.05) is 6.92 Å². The summed E-state index contributed by atoms with van der Waals surface area (Å²) in [6.07, 6.45) is 0. The highest BCUT2D eigenvalue weighted by atomic mass is 32.2. The molecule has 0 unspecified atom stereocenters. The van der Waals surface area contributed by atoms with Crippen molar-refractivity contribution in [3.8, 4) is 11.5 Å². The Balaban J connectivity index is 2.90. The third-order valence-electron chi connectivity index (χ3n) is 2.85. The van der Waals surface area contributed by atoms with Crippen molar-refractivity contribution in [2.75, 3.05) is 27.9 Å². The molecule has 118 valence electrons. The van der Waals surface area contributed by atoms with Crippen molar-refractivity contribution in [1.82, 2.24) is 4.72 Å². The van der Waals surface area contributed by atoms with Crippen LogP contribution in [0.2, 0.25) is 0 Å². The molecule has 0 saturated heterocycles. The van der Waals surface area contributed by atoms with Gasteiger partial charge in [-0.15, -0.1) is 0 Å². The van der Waals surface area contributed by atoms with Crippen LogP contribution in [0.15, 0.2) is 23.1 Å². The molecule has 21 heavy (non-hydrogen) atoms. The van der Waals surface area contributed by atoms with Gasteiger partial charge in [0.2, 0.25) is 10.0 Å². The van der Waals surface area contributed by atoms with Gasteiger partial charge in [0.15, 0.2) is 11.5 Å². The first-order valence-corrected chi connectivity index (χ1v) is 7.63. The molecule has 0 aliphatic heterocycles. The molecule has 1 N–H and O–H groups in total. The zero-order valence-corrected chi connectivity index (χ0v) is 13.2. The number of hydrogen-bond acceptors (Lipinski definition) is 6. The maximum atomic E-state index is 12.2. The first-order valence-electron chi connectivity index (χ1n) is 6.15. The minimum absolute atomic E-state index is 0.0252. The number of ether oxygens (including phenoxy) is 3.